The first-order valence-corrected chi connectivity index (χ1v) is 8.55. The van der Waals surface area contributed by atoms with E-state index in [1.54, 1.807) is 17.0 Å². The van der Waals surface area contributed by atoms with Crippen molar-refractivity contribution in [3.8, 4) is 5.75 Å². The number of hydrogen-bond donors (Lipinski definition) is 1. The molecular formula is C18H18ClN3O4. The Hall–Kier alpha value is -2.64. The third-order valence-corrected chi connectivity index (χ3v) is 4.42. The Morgan fingerprint density at radius 2 is 2.12 bits per heavy atom. The maximum Gasteiger partial charge on any atom is 0.273 e. The van der Waals surface area contributed by atoms with Crippen molar-refractivity contribution in [2.45, 2.75) is 6.04 Å². The normalized spacial score (nSPS) is 17.0. The highest BCUT2D eigenvalue weighted by Crippen LogP contribution is 2.25. The lowest BCUT2D eigenvalue weighted by atomic mass is 10.0. The van der Waals surface area contributed by atoms with Crippen LogP contribution in [-0.4, -0.2) is 42.0 Å². The smallest absolute Gasteiger partial charge is 0.273 e. The molecule has 1 aliphatic heterocycles. The third-order valence-electron chi connectivity index (χ3n) is 4.19. The number of piperazine rings is 1. The Morgan fingerprint density at radius 1 is 1.31 bits per heavy atom. The molecule has 8 heteroatoms. The van der Waals surface area contributed by atoms with Crippen molar-refractivity contribution in [1.29, 1.82) is 0 Å². The molecule has 0 radical (unpaired) electrons. The van der Waals surface area contributed by atoms with E-state index in [1.807, 2.05) is 18.2 Å². The summed E-state index contributed by atoms with van der Waals surface area (Å²) >= 11 is 6.07. The first-order chi connectivity index (χ1) is 12.5. The first-order valence-electron chi connectivity index (χ1n) is 8.17. The van der Waals surface area contributed by atoms with Crippen LogP contribution in [0.15, 0.2) is 48.5 Å². The van der Waals surface area contributed by atoms with E-state index in [0.29, 0.717) is 30.4 Å². The average molecular weight is 376 g/mol. The number of hydrogen-bond acceptors (Lipinski definition) is 5. The second kappa shape index (κ2) is 8.16. The summed E-state index contributed by atoms with van der Waals surface area (Å²) in [6, 6.07) is 13.1. The van der Waals surface area contributed by atoms with Crippen LogP contribution in [-0.2, 0) is 4.79 Å². The largest absolute Gasteiger partial charge is 0.484 e. The van der Waals surface area contributed by atoms with Crippen LogP contribution >= 0.6 is 11.6 Å². The molecule has 0 bridgehead atoms. The number of carbonyl (C=O) groups is 1. The molecule has 2 aromatic rings. The van der Waals surface area contributed by atoms with Crippen molar-refractivity contribution in [1.82, 2.24) is 10.2 Å². The predicted molar refractivity (Wildman–Crippen MR) is 97.4 cm³/mol. The molecule has 0 aromatic heterocycles. The number of nitrogens with one attached hydrogen (secondary N) is 1. The van der Waals surface area contributed by atoms with Crippen LogP contribution in [0.2, 0.25) is 5.02 Å². The minimum Gasteiger partial charge on any atom is -0.484 e. The van der Waals surface area contributed by atoms with E-state index >= 15 is 0 Å². The van der Waals surface area contributed by atoms with Crippen molar-refractivity contribution < 1.29 is 14.5 Å². The number of nitro benzene ring substituents is 1. The summed E-state index contributed by atoms with van der Waals surface area (Å²) in [4.78, 5) is 24.7. The van der Waals surface area contributed by atoms with Crippen molar-refractivity contribution in [3.05, 3.63) is 69.2 Å². The van der Waals surface area contributed by atoms with E-state index in [1.165, 1.54) is 18.2 Å². The van der Waals surface area contributed by atoms with Gasteiger partial charge in [0.25, 0.3) is 11.6 Å². The van der Waals surface area contributed by atoms with Crippen molar-refractivity contribution in [3.63, 3.8) is 0 Å². The quantitative estimate of drug-likeness (QED) is 0.641. The number of rotatable bonds is 5. The third kappa shape index (κ3) is 4.30. The minimum absolute atomic E-state index is 0.0751. The molecule has 1 unspecified atom stereocenters. The number of ether oxygens (including phenoxy) is 1. The molecular weight excluding hydrogens is 358 g/mol. The van der Waals surface area contributed by atoms with E-state index < -0.39 is 4.92 Å². The highest BCUT2D eigenvalue weighted by molar-refractivity contribution is 6.30. The fourth-order valence-corrected chi connectivity index (χ4v) is 3.13. The summed E-state index contributed by atoms with van der Waals surface area (Å²) in [6.07, 6.45) is 0. The van der Waals surface area contributed by atoms with Gasteiger partial charge in [0, 0.05) is 30.7 Å². The van der Waals surface area contributed by atoms with E-state index in [4.69, 9.17) is 16.3 Å². The molecule has 1 fully saturated rings. The molecule has 3 rings (SSSR count). The first kappa shape index (κ1) is 18.2. The fourth-order valence-electron chi connectivity index (χ4n) is 2.93. The SMILES string of the molecule is O=C(COc1cccc([N+](=O)[O-])c1)N1CCNCC1c1cccc(Cl)c1. The number of benzene rings is 2. The number of nitro groups is 1. The molecule has 0 saturated carbocycles. The van der Waals surface area contributed by atoms with Crippen LogP contribution in [0, 0.1) is 10.1 Å². The van der Waals surface area contributed by atoms with Gasteiger partial charge in [-0.05, 0) is 23.8 Å². The van der Waals surface area contributed by atoms with Crippen LogP contribution in [0.3, 0.4) is 0 Å². The summed E-state index contributed by atoms with van der Waals surface area (Å²) in [5.41, 5.74) is 0.877. The molecule has 1 N–H and O–H groups in total. The van der Waals surface area contributed by atoms with Crippen LogP contribution in [0.5, 0.6) is 5.75 Å². The highest BCUT2D eigenvalue weighted by atomic mass is 35.5. The lowest BCUT2D eigenvalue weighted by Gasteiger charge is -2.36. The zero-order valence-corrected chi connectivity index (χ0v) is 14.7. The van der Waals surface area contributed by atoms with Crippen molar-refractivity contribution >= 4 is 23.2 Å². The van der Waals surface area contributed by atoms with Gasteiger partial charge in [-0.3, -0.25) is 14.9 Å². The molecule has 1 saturated heterocycles. The standard InChI is InChI=1S/C18H18ClN3O4/c19-14-4-1-3-13(9-14)17-11-20-7-8-21(17)18(23)12-26-16-6-2-5-15(10-16)22(24)25/h1-6,9-10,17,20H,7-8,11-12H2. The maximum atomic E-state index is 12.7. The van der Waals surface area contributed by atoms with Gasteiger partial charge < -0.3 is 15.0 Å². The van der Waals surface area contributed by atoms with Crippen LogP contribution in [0.25, 0.3) is 0 Å². The van der Waals surface area contributed by atoms with E-state index in [0.717, 1.165) is 5.56 Å². The van der Waals surface area contributed by atoms with Gasteiger partial charge in [0.1, 0.15) is 5.75 Å². The molecule has 136 valence electrons. The molecule has 7 nitrogen and oxygen atoms in total. The Kier molecular flexibility index (Phi) is 5.70. The number of nitrogens with zero attached hydrogens (tertiary/aromatic N) is 2. The van der Waals surface area contributed by atoms with Gasteiger partial charge in [-0.2, -0.15) is 0 Å². The second-order valence-electron chi connectivity index (χ2n) is 5.91. The van der Waals surface area contributed by atoms with E-state index in [9.17, 15) is 14.9 Å². The Morgan fingerprint density at radius 3 is 2.88 bits per heavy atom. The highest BCUT2D eigenvalue weighted by Gasteiger charge is 2.28. The maximum absolute atomic E-state index is 12.7. The zero-order valence-electron chi connectivity index (χ0n) is 13.9. The lowest BCUT2D eigenvalue weighted by molar-refractivity contribution is -0.384. The Labute approximate surface area is 155 Å². The summed E-state index contributed by atoms with van der Waals surface area (Å²) in [6.45, 7) is 1.69. The molecule has 1 atom stereocenters. The van der Waals surface area contributed by atoms with Gasteiger partial charge in [0.15, 0.2) is 6.61 Å². The number of carbonyl (C=O) groups excluding carboxylic acids is 1. The van der Waals surface area contributed by atoms with Gasteiger partial charge >= 0.3 is 0 Å². The molecule has 0 spiro atoms. The second-order valence-corrected chi connectivity index (χ2v) is 6.34. The Bertz CT molecular complexity index is 815. The van der Waals surface area contributed by atoms with Crippen LogP contribution in [0.4, 0.5) is 5.69 Å². The molecule has 1 heterocycles. The average Bonchev–Trinajstić information content (AvgIpc) is 2.66. The van der Waals surface area contributed by atoms with Crippen LogP contribution < -0.4 is 10.1 Å². The van der Waals surface area contributed by atoms with Crippen molar-refractivity contribution in [2.75, 3.05) is 26.2 Å². The van der Waals surface area contributed by atoms with Crippen molar-refractivity contribution in [2.24, 2.45) is 0 Å². The summed E-state index contributed by atoms with van der Waals surface area (Å²) in [7, 11) is 0. The molecule has 1 amide bonds. The summed E-state index contributed by atoms with van der Waals surface area (Å²) in [5.74, 6) is 0.116. The van der Waals surface area contributed by atoms with E-state index in [2.05, 4.69) is 5.32 Å². The topological polar surface area (TPSA) is 84.7 Å². The summed E-state index contributed by atoms with van der Waals surface area (Å²) in [5, 5.41) is 14.7. The van der Waals surface area contributed by atoms with Gasteiger partial charge in [-0.25, -0.2) is 0 Å². The number of non-ortho nitro benzene ring substituents is 1. The van der Waals surface area contributed by atoms with Gasteiger partial charge in [0.2, 0.25) is 0 Å². The molecule has 26 heavy (non-hydrogen) atoms. The van der Waals surface area contributed by atoms with Gasteiger partial charge in [-0.1, -0.05) is 29.8 Å². The summed E-state index contributed by atoms with van der Waals surface area (Å²) < 4.78 is 5.48. The predicted octanol–water partition coefficient (Wildman–Crippen LogP) is 2.80. The molecule has 1 aliphatic rings. The molecule has 0 aliphatic carbocycles. The van der Waals surface area contributed by atoms with Gasteiger partial charge in [-0.15, -0.1) is 0 Å². The fraction of sp³-hybridized carbons (Fsp3) is 0.278. The monoisotopic (exact) mass is 375 g/mol. The zero-order chi connectivity index (χ0) is 18.5. The van der Waals surface area contributed by atoms with Crippen LogP contribution in [0.1, 0.15) is 11.6 Å². The van der Waals surface area contributed by atoms with Gasteiger partial charge in [0.05, 0.1) is 17.0 Å². The number of halogens is 1. The van der Waals surface area contributed by atoms with E-state index in [-0.39, 0.29) is 24.2 Å². The Balaban J connectivity index is 1.69. The lowest BCUT2D eigenvalue weighted by Crippen LogP contribution is -2.50. The minimum atomic E-state index is -0.500. The number of amides is 1. The molecule has 2 aromatic carbocycles.